The van der Waals surface area contributed by atoms with Gasteiger partial charge in [0.05, 0.1) is 6.54 Å². The summed E-state index contributed by atoms with van der Waals surface area (Å²) in [7, 11) is 0. The third-order valence-electron chi connectivity index (χ3n) is 2.92. The molecule has 0 saturated carbocycles. The first kappa shape index (κ1) is 9.45. The van der Waals surface area contributed by atoms with Crippen molar-refractivity contribution in [2.75, 3.05) is 26.2 Å². The first-order chi connectivity index (χ1) is 6.72. The summed E-state index contributed by atoms with van der Waals surface area (Å²) in [6, 6.07) is 0. The Morgan fingerprint density at radius 2 is 2.29 bits per heavy atom. The number of nitrogens with zero attached hydrogens (tertiary/aromatic N) is 2. The van der Waals surface area contributed by atoms with Crippen LogP contribution in [0.4, 0.5) is 0 Å². The van der Waals surface area contributed by atoms with E-state index in [4.69, 9.17) is 0 Å². The highest BCUT2D eigenvalue weighted by Crippen LogP contribution is 2.16. The van der Waals surface area contributed by atoms with E-state index in [9.17, 15) is 9.59 Å². The fourth-order valence-corrected chi connectivity index (χ4v) is 2.11. The minimum Gasteiger partial charge on any atom is -0.351 e. The Morgan fingerprint density at radius 3 is 3.00 bits per heavy atom. The molecule has 2 fully saturated rings. The van der Waals surface area contributed by atoms with Crippen molar-refractivity contribution in [3.8, 4) is 0 Å². The average Bonchev–Trinajstić information content (AvgIpc) is 2.19. The van der Waals surface area contributed by atoms with Gasteiger partial charge in [0.2, 0.25) is 11.8 Å². The van der Waals surface area contributed by atoms with Crippen molar-refractivity contribution in [3.63, 3.8) is 0 Å². The SMILES string of the molecule is CCN1CCC(=O)N2CC(=O)NCC12. The van der Waals surface area contributed by atoms with Crippen molar-refractivity contribution >= 4 is 11.8 Å². The van der Waals surface area contributed by atoms with Crippen molar-refractivity contribution in [3.05, 3.63) is 0 Å². The molecule has 5 nitrogen and oxygen atoms in total. The zero-order valence-electron chi connectivity index (χ0n) is 8.32. The van der Waals surface area contributed by atoms with Gasteiger partial charge >= 0.3 is 0 Å². The van der Waals surface area contributed by atoms with Crippen LogP contribution in [0.25, 0.3) is 0 Å². The molecule has 2 heterocycles. The van der Waals surface area contributed by atoms with Gasteiger partial charge in [-0.25, -0.2) is 0 Å². The summed E-state index contributed by atoms with van der Waals surface area (Å²) in [5, 5.41) is 2.79. The van der Waals surface area contributed by atoms with Gasteiger partial charge in [0.25, 0.3) is 0 Å². The lowest BCUT2D eigenvalue weighted by Crippen LogP contribution is -2.65. The van der Waals surface area contributed by atoms with Gasteiger partial charge in [-0.2, -0.15) is 0 Å². The molecule has 2 amide bonds. The van der Waals surface area contributed by atoms with Crippen LogP contribution in [0, 0.1) is 0 Å². The topological polar surface area (TPSA) is 52.7 Å². The molecule has 0 spiro atoms. The normalized spacial score (nSPS) is 28.6. The third-order valence-corrected chi connectivity index (χ3v) is 2.92. The fraction of sp³-hybridized carbons (Fsp3) is 0.778. The van der Waals surface area contributed by atoms with Crippen LogP contribution in [0.2, 0.25) is 0 Å². The molecule has 2 saturated heterocycles. The average molecular weight is 197 g/mol. The summed E-state index contributed by atoms with van der Waals surface area (Å²) in [6.45, 7) is 4.60. The van der Waals surface area contributed by atoms with Gasteiger partial charge in [-0.3, -0.25) is 14.5 Å². The first-order valence-electron chi connectivity index (χ1n) is 5.02. The summed E-state index contributed by atoms with van der Waals surface area (Å²) >= 11 is 0. The van der Waals surface area contributed by atoms with E-state index < -0.39 is 0 Å². The Labute approximate surface area is 83.0 Å². The minimum atomic E-state index is -0.0486. The molecule has 0 aromatic rings. The first-order valence-corrected chi connectivity index (χ1v) is 5.02. The lowest BCUT2D eigenvalue weighted by atomic mass is 10.1. The van der Waals surface area contributed by atoms with Crippen LogP contribution in [0.15, 0.2) is 0 Å². The van der Waals surface area contributed by atoms with E-state index in [2.05, 4.69) is 17.1 Å². The number of fused-ring (bicyclic) bond motifs is 1. The van der Waals surface area contributed by atoms with Crippen LogP contribution in [-0.4, -0.2) is 54.0 Å². The lowest BCUT2D eigenvalue weighted by Gasteiger charge is -2.45. The van der Waals surface area contributed by atoms with E-state index in [-0.39, 0.29) is 24.5 Å². The number of hydrogen-bond donors (Lipinski definition) is 1. The number of amides is 2. The number of rotatable bonds is 1. The second-order valence-electron chi connectivity index (χ2n) is 3.68. The largest absolute Gasteiger partial charge is 0.351 e. The van der Waals surface area contributed by atoms with Crippen molar-refractivity contribution in [1.82, 2.24) is 15.1 Å². The predicted octanol–water partition coefficient (Wildman–Crippen LogP) is -1.00. The Morgan fingerprint density at radius 1 is 1.50 bits per heavy atom. The van der Waals surface area contributed by atoms with E-state index in [1.165, 1.54) is 0 Å². The van der Waals surface area contributed by atoms with Crippen LogP contribution < -0.4 is 5.32 Å². The Balaban J connectivity index is 2.14. The summed E-state index contributed by atoms with van der Waals surface area (Å²) < 4.78 is 0. The molecule has 0 aromatic heterocycles. The van der Waals surface area contributed by atoms with Crippen molar-refractivity contribution in [2.24, 2.45) is 0 Å². The maximum atomic E-state index is 11.6. The molecule has 1 unspecified atom stereocenters. The Kier molecular flexibility index (Phi) is 2.41. The van der Waals surface area contributed by atoms with Gasteiger partial charge in [0.1, 0.15) is 12.7 Å². The van der Waals surface area contributed by atoms with Crippen LogP contribution >= 0.6 is 0 Å². The molecule has 2 aliphatic rings. The molecule has 0 aliphatic carbocycles. The summed E-state index contributed by atoms with van der Waals surface area (Å²) in [5.41, 5.74) is 0. The van der Waals surface area contributed by atoms with Gasteiger partial charge in [0.15, 0.2) is 0 Å². The highest BCUT2D eigenvalue weighted by molar-refractivity contribution is 5.86. The molecular weight excluding hydrogens is 182 g/mol. The molecule has 0 aromatic carbocycles. The zero-order valence-corrected chi connectivity index (χ0v) is 8.32. The van der Waals surface area contributed by atoms with Gasteiger partial charge in [0, 0.05) is 13.0 Å². The van der Waals surface area contributed by atoms with Gasteiger partial charge in [-0.15, -0.1) is 0 Å². The molecule has 2 aliphatic heterocycles. The molecule has 0 radical (unpaired) electrons. The van der Waals surface area contributed by atoms with Gasteiger partial charge < -0.3 is 10.2 Å². The predicted molar refractivity (Wildman–Crippen MR) is 50.4 cm³/mol. The third kappa shape index (κ3) is 1.48. The van der Waals surface area contributed by atoms with Gasteiger partial charge in [-0.1, -0.05) is 6.92 Å². The van der Waals surface area contributed by atoms with Crippen molar-refractivity contribution in [2.45, 2.75) is 19.5 Å². The molecule has 2 rings (SSSR count). The van der Waals surface area contributed by atoms with Crippen LogP contribution in [0.1, 0.15) is 13.3 Å². The Bertz CT molecular complexity index is 267. The molecule has 14 heavy (non-hydrogen) atoms. The van der Waals surface area contributed by atoms with E-state index in [0.29, 0.717) is 13.0 Å². The highest BCUT2D eigenvalue weighted by atomic mass is 16.2. The molecule has 1 atom stereocenters. The fourth-order valence-electron chi connectivity index (χ4n) is 2.11. The zero-order chi connectivity index (χ0) is 10.1. The minimum absolute atomic E-state index is 0.0486. The van der Waals surface area contributed by atoms with Gasteiger partial charge in [-0.05, 0) is 6.54 Å². The van der Waals surface area contributed by atoms with Crippen LogP contribution in [-0.2, 0) is 9.59 Å². The van der Waals surface area contributed by atoms with E-state index in [1.54, 1.807) is 4.90 Å². The Hall–Kier alpha value is -1.10. The number of nitrogens with one attached hydrogen (secondary N) is 1. The van der Waals surface area contributed by atoms with E-state index in [1.807, 2.05) is 0 Å². The molecular formula is C9H15N3O2. The maximum Gasteiger partial charge on any atom is 0.239 e. The second kappa shape index (κ2) is 3.57. The number of carbonyl (C=O) groups is 2. The molecule has 5 heteroatoms. The van der Waals surface area contributed by atoms with E-state index in [0.717, 1.165) is 13.1 Å². The van der Waals surface area contributed by atoms with Crippen molar-refractivity contribution < 1.29 is 9.59 Å². The highest BCUT2D eigenvalue weighted by Gasteiger charge is 2.36. The number of carbonyl (C=O) groups excluding carboxylic acids is 2. The smallest absolute Gasteiger partial charge is 0.239 e. The van der Waals surface area contributed by atoms with Crippen LogP contribution in [0.3, 0.4) is 0 Å². The molecule has 78 valence electrons. The number of piperazine rings is 1. The number of hydrogen-bond acceptors (Lipinski definition) is 3. The molecule has 1 N–H and O–H groups in total. The van der Waals surface area contributed by atoms with Crippen molar-refractivity contribution in [1.29, 1.82) is 0 Å². The standard InChI is InChI=1S/C9H15N3O2/c1-2-11-4-3-9(14)12-6-7(13)10-5-8(11)12/h8H,2-6H2,1H3,(H,10,13). The lowest BCUT2D eigenvalue weighted by molar-refractivity contribution is -0.152. The maximum absolute atomic E-state index is 11.6. The summed E-state index contributed by atoms with van der Waals surface area (Å²) in [5.74, 6) is 0.0575. The quantitative estimate of drug-likeness (QED) is 0.586. The molecule has 0 bridgehead atoms. The number of likely N-dealkylation sites (N-methyl/N-ethyl adjacent to an activating group) is 1. The second-order valence-corrected chi connectivity index (χ2v) is 3.68. The van der Waals surface area contributed by atoms with Crippen LogP contribution in [0.5, 0.6) is 0 Å². The summed E-state index contributed by atoms with van der Waals surface area (Å²) in [6.07, 6.45) is 0.622. The monoisotopic (exact) mass is 197 g/mol. The summed E-state index contributed by atoms with van der Waals surface area (Å²) in [4.78, 5) is 26.6. The van der Waals surface area contributed by atoms with E-state index >= 15 is 0 Å².